The summed E-state index contributed by atoms with van der Waals surface area (Å²) in [7, 11) is 0. The number of carbonyl (C=O) groups excluding carboxylic acids is 2. The number of carbonyl (C=O) groups is 2. The Morgan fingerprint density at radius 1 is 1.00 bits per heavy atom. The second kappa shape index (κ2) is 8.03. The molecular weight excluding hydrogens is 340 g/mol. The van der Waals surface area contributed by atoms with Gasteiger partial charge in [-0.3, -0.25) is 10.1 Å². The number of ether oxygens (including phenoxy) is 1. The molecule has 5 nitrogen and oxygen atoms in total. The van der Waals surface area contributed by atoms with Crippen LogP contribution in [0.3, 0.4) is 0 Å². The number of halogens is 1. The lowest BCUT2D eigenvalue weighted by atomic mass is 10.1. The fourth-order valence-electron chi connectivity index (χ4n) is 2.08. The van der Waals surface area contributed by atoms with Crippen molar-refractivity contribution in [3.63, 3.8) is 0 Å². The van der Waals surface area contributed by atoms with Crippen LogP contribution in [-0.2, 0) is 16.0 Å². The van der Waals surface area contributed by atoms with Crippen molar-refractivity contribution in [2.45, 2.75) is 32.8 Å². The van der Waals surface area contributed by atoms with Crippen molar-refractivity contribution in [1.82, 2.24) is 0 Å². The van der Waals surface area contributed by atoms with Crippen LogP contribution in [0.1, 0.15) is 26.3 Å². The molecule has 6 heteroatoms. The predicted molar refractivity (Wildman–Crippen MR) is 100 cm³/mol. The molecule has 132 valence electrons. The molecule has 0 fully saturated rings. The predicted octanol–water partition coefficient (Wildman–Crippen LogP) is 4.87. The lowest BCUT2D eigenvalue weighted by Gasteiger charge is -2.19. The minimum absolute atomic E-state index is 0.143. The molecule has 2 rings (SSSR count). The minimum atomic E-state index is -0.553. The summed E-state index contributed by atoms with van der Waals surface area (Å²) < 4.78 is 5.19. The van der Waals surface area contributed by atoms with Gasteiger partial charge in [-0.2, -0.15) is 0 Å². The van der Waals surface area contributed by atoms with E-state index in [2.05, 4.69) is 10.6 Å². The minimum Gasteiger partial charge on any atom is -0.444 e. The van der Waals surface area contributed by atoms with Crippen LogP contribution in [0.15, 0.2) is 48.5 Å². The first-order valence-corrected chi connectivity index (χ1v) is 8.23. The molecule has 0 aliphatic heterocycles. The average molecular weight is 361 g/mol. The van der Waals surface area contributed by atoms with Crippen LogP contribution in [0, 0.1) is 0 Å². The van der Waals surface area contributed by atoms with Crippen molar-refractivity contribution in [2.75, 3.05) is 10.6 Å². The normalized spacial score (nSPS) is 10.9. The van der Waals surface area contributed by atoms with Crippen molar-refractivity contribution in [3.05, 3.63) is 59.1 Å². The van der Waals surface area contributed by atoms with Crippen molar-refractivity contribution >= 4 is 35.0 Å². The van der Waals surface area contributed by atoms with Gasteiger partial charge in [-0.15, -0.1) is 0 Å². The van der Waals surface area contributed by atoms with Crippen molar-refractivity contribution < 1.29 is 14.3 Å². The van der Waals surface area contributed by atoms with Gasteiger partial charge in [-0.05, 0) is 56.7 Å². The zero-order valence-corrected chi connectivity index (χ0v) is 15.2. The first kappa shape index (κ1) is 18.8. The van der Waals surface area contributed by atoms with E-state index in [0.717, 1.165) is 5.56 Å². The van der Waals surface area contributed by atoms with Crippen LogP contribution < -0.4 is 10.6 Å². The molecule has 2 amide bonds. The van der Waals surface area contributed by atoms with Gasteiger partial charge in [0.1, 0.15) is 5.60 Å². The maximum Gasteiger partial charge on any atom is 0.412 e. The number of benzene rings is 2. The Bertz CT molecular complexity index is 752. The van der Waals surface area contributed by atoms with E-state index >= 15 is 0 Å². The molecular formula is C19H21ClN2O3. The fraction of sp³-hybridized carbons (Fsp3) is 0.263. The summed E-state index contributed by atoms with van der Waals surface area (Å²) in [6, 6.07) is 14.0. The van der Waals surface area contributed by atoms with Gasteiger partial charge in [0.2, 0.25) is 5.91 Å². The van der Waals surface area contributed by atoms with Crippen molar-refractivity contribution in [2.24, 2.45) is 0 Å². The largest absolute Gasteiger partial charge is 0.444 e. The summed E-state index contributed by atoms with van der Waals surface area (Å²) in [6.07, 6.45) is -0.293. The summed E-state index contributed by atoms with van der Waals surface area (Å²) in [5, 5.41) is 6.00. The van der Waals surface area contributed by atoms with Gasteiger partial charge in [0.05, 0.1) is 6.42 Å². The van der Waals surface area contributed by atoms with E-state index < -0.39 is 11.7 Å². The molecule has 25 heavy (non-hydrogen) atoms. The maximum atomic E-state index is 12.1. The Morgan fingerprint density at radius 2 is 1.68 bits per heavy atom. The third kappa shape index (κ3) is 6.85. The van der Waals surface area contributed by atoms with Crippen LogP contribution in [0.4, 0.5) is 16.2 Å². The van der Waals surface area contributed by atoms with E-state index in [0.29, 0.717) is 16.4 Å². The SMILES string of the molecule is CC(C)(C)OC(=O)Nc1ccc(CC(=O)Nc2cccc(Cl)c2)cc1. The fourth-order valence-corrected chi connectivity index (χ4v) is 2.27. The van der Waals surface area contributed by atoms with Gasteiger partial charge >= 0.3 is 6.09 Å². The third-order valence-corrected chi connectivity index (χ3v) is 3.31. The summed E-state index contributed by atoms with van der Waals surface area (Å²) in [5.41, 5.74) is 1.53. The highest BCUT2D eigenvalue weighted by Gasteiger charge is 2.16. The van der Waals surface area contributed by atoms with E-state index in [4.69, 9.17) is 16.3 Å². The highest BCUT2D eigenvalue weighted by molar-refractivity contribution is 6.30. The molecule has 0 saturated heterocycles. The summed E-state index contributed by atoms with van der Waals surface area (Å²) in [5.74, 6) is -0.143. The highest BCUT2D eigenvalue weighted by atomic mass is 35.5. The summed E-state index contributed by atoms with van der Waals surface area (Å²) in [6.45, 7) is 5.40. The van der Waals surface area contributed by atoms with Crippen LogP contribution in [0.25, 0.3) is 0 Å². The molecule has 0 aliphatic carbocycles. The van der Waals surface area contributed by atoms with E-state index in [1.165, 1.54) is 0 Å². The van der Waals surface area contributed by atoms with Crippen molar-refractivity contribution in [1.29, 1.82) is 0 Å². The zero-order chi connectivity index (χ0) is 18.4. The van der Waals surface area contributed by atoms with Crippen LogP contribution in [-0.4, -0.2) is 17.6 Å². The Morgan fingerprint density at radius 3 is 2.28 bits per heavy atom. The van der Waals surface area contributed by atoms with Gasteiger partial charge in [-0.25, -0.2) is 4.79 Å². The van der Waals surface area contributed by atoms with Gasteiger partial charge in [-0.1, -0.05) is 29.8 Å². The first-order valence-electron chi connectivity index (χ1n) is 7.86. The van der Waals surface area contributed by atoms with Gasteiger partial charge in [0.25, 0.3) is 0 Å². The number of hydrogen-bond acceptors (Lipinski definition) is 3. The molecule has 0 aliphatic rings. The van der Waals surface area contributed by atoms with Crippen LogP contribution in [0.2, 0.25) is 5.02 Å². The second-order valence-corrected chi connectivity index (χ2v) is 7.00. The Labute approximate surface area is 152 Å². The molecule has 0 heterocycles. The molecule has 0 saturated carbocycles. The van der Waals surface area contributed by atoms with Crippen molar-refractivity contribution in [3.8, 4) is 0 Å². The average Bonchev–Trinajstić information content (AvgIpc) is 2.47. The monoisotopic (exact) mass is 360 g/mol. The molecule has 0 spiro atoms. The lowest BCUT2D eigenvalue weighted by Crippen LogP contribution is -2.27. The molecule has 2 aromatic carbocycles. The number of rotatable bonds is 4. The number of amides is 2. The number of hydrogen-bond donors (Lipinski definition) is 2. The summed E-state index contributed by atoms with van der Waals surface area (Å²) >= 11 is 5.89. The topological polar surface area (TPSA) is 67.4 Å². The number of nitrogens with one attached hydrogen (secondary N) is 2. The van der Waals surface area contributed by atoms with E-state index in [1.807, 2.05) is 0 Å². The molecule has 0 bridgehead atoms. The Balaban J connectivity index is 1.89. The Hall–Kier alpha value is -2.53. The van der Waals surface area contributed by atoms with Crippen LogP contribution in [0.5, 0.6) is 0 Å². The van der Waals surface area contributed by atoms with E-state index in [-0.39, 0.29) is 12.3 Å². The van der Waals surface area contributed by atoms with E-state index in [9.17, 15) is 9.59 Å². The second-order valence-electron chi connectivity index (χ2n) is 6.56. The first-order chi connectivity index (χ1) is 11.7. The lowest BCUT2D eigenvalue weighted by molar-refractivity contribution is -0.115. The van der Waals surface area contributed by atoms with E-state index in [1.54, 1.807) is 69.3 Å². The van der Waals surface area contributed by atoms with Gasteiger partial charge < -0.3 is 10.1 Å². The molecule has 0 atom stereocenters. The standard InChI is InChI=1S/C19H21ClN2O3/c1-19(2,3)25-18(24)22-15-9-7-13(8-10-15)11-17(23)21-16-6-4-5-14(20)12-16/h4-10,12H,11H2,1-3H3,(H,21,23)(H,22,24). The van der Waals surface area contributed by atoms with Gasteiger partial charge in [0.15, 0.2) is 0 Å². The quantitative estimate of drug-likeness (QED) is 0.817. The molecule has 0 aromatic heterocycles. The highest BCUT2D eigenvalue weighted by Crippen LogP contribution is 2.16. The smallest absolute Gasteiger partial charge is 0.412 e. The van der Waals surface area contributed by atoms with Crippen LogP contribution >= 0.6 is 11.6 Å². The molecule has 2 N–H and O–H groups in total. The molecule has 0 unspecified atom stereocenters. The molecule has 0 radical (unpaired) electrons. The number of anilines is 2. The summed E-state index contributed by atoms with van der Waals surface area (Å²) in [4.78, 5) is 23.8. The maximum absolute atomic E-state index is 12.1. The van der Waals surface area contributed by atoms with Gasteiger partial charge in [0, 0.05) is 16.4 Å². The Kier molecular flexibility index (Phi) is 6.04. The molecule has 2 aromatic rings. The third-order valence-electron chi connectivity index (χ3n) is 3.07. The zero-order valence-electron chi connectivity index (χ0n) is 14.4.